The molecule has 1 rings (SSSR count). The molecule has 0 aromatic rings. The second-order valence-electron chi connectivity index (χ2n) is 4.33. The van der Waals surface area contributed by atoms with Crippen molar-refractivity contribution >= 4 is 25.8 Å². The Kier molecular flexibility index (Phi) is 4.44. The van der Waals surface area contributed by atoms with Gasteiger partial charge in [-0.25, -0.2) is 8.42 Å². The first-order valence-corrected chi connectivity index (χ1v) is 8.24. The maximum atomic E-state index is 11.4. The van der Waals surface area contributed by atoms with Gasteiger partial charge >= 0.3 is 0 Å². The fourth-order valence-electron chi connectivity index (χ4n) is 2.09. The van der Waals surface area contributed by atoms with Gasteiger partial charge in [0.25, 0.3) is 0 Å². The van der Waals surface area contributed by atoms with Gasteiger partial charge in [-0.15, -0.1) is 0 Å². The summed E-state index contributed by atoms with van der Waals surface area (Å²) in [6, 6.07) is 0. The summed E-state index contributed by atoms with van der Waals surface area (Å²) in [7, 11) is -2.78. The summed E-state index contributed by atoms with van der Waals surface area (Å²) in [5, 5.41) is 0.958. The molecule has 0 heterocycles. The molecule has 1 aliphatic carbocycles. The van der Waals surface area contributed by atoms with E-state index in [1.165, 1.54) is 25.7 Å². The number of halogens is 1. The van der Waals surface area contributed by atoms with Crippen molar-refractivity contribution in [1.82, 2.24) is 0 Å². The smallest absolute Gasteiger partial charge is 0.150 e. The van der Waals surface area contributed by atoms with Crippen LogP contribution in [-0.2, 0) is 9.84 Å². The maximum absolute atomic E-state index is 11.4. The SMILES string of the molecule is CCS(=O)(=O)CCC1(CBr)CCCC1. The summed E-state index contributed by atoms with van der Waals surface area (Å²) in [6.45, 7) is 1.73. The molecule has 0 bridgehead atoms. The van der Waals surface area contributed by atoms with Gasteiger partial charge in [-0.05, 0) is 24.7 Å². The first-order chi connectivity index (χ1) is 6.54. The van der Waals surface area contributed by atoms with E-state index in [1.54, 1.807) is 6.92 Å². The molecule has 0 aromatic carbocycles. The van der Waals surface area contributed by atoms with E-state index >= 15 is 0 Å². The molecular weight excluding hydrogens is 264 g/mol. The maximum Gasteiger partial charge on any atom is 0.150 e. The van der Waals surface area contributed by atoms with Crippen molar-refractivity contribution in [2.45, 2.75) is 39.0 Å². The van der Waals surface area contributed by atoms with Crippen LogP contribution in [0, 0.1) is 5.41 Å². The summed E-state index contributed by atoms with van der Waals surface area (Å²) >= 11 is 3.53. The van der Waals surface area contributed by atoms with Crippen LogP contribution in [0.25, 0.3) is 0 Å². The minimum atomic E-state index is -2.78. The molecule has 0 atom stereocenters. The molecule has 1 fully saturated rings. The lowest BCUT2D eigenvalue weighted by Gasteiger charge is -2.26. The molecule has 0 aromatic heterocycles. The Morgan fingerprint density at radius 3 is 2.29 bits per heavy atom. The van der Waals surface area contributed by atoms with Crippen LogP contribution in [-0.4, -0.2) is 25.3 Å². The Balaban J connectivity index is 2.50. The highest BCUT2D eigenvalue weighted by atomic mass is 79.9. The third kappa shape index (κ3) is 3.23. The monoisotopic (exact) mass is 282 g/mol. The Labute approximate surface area is 95.5 Å². The summed E-state index contributed by atoms with van der Waals surface area (Å²) in [5.74, 6) is 0.653. The van der Waals surface area contributed by atoms with E-state index in [4.69, 9.17) is 0 Å². The minimum absolute atomic E-state index is 0.280. The highest BCUT2D eigenvalue weighted by Gasteiger charge is 2.33. The third-order valence-corrected chi connectivity index (χ3v) is 6.23. The number of alkyl halides is 1. The molecule has 0 spiro atoms. The molecule has 84 valence electrons. The Morgan fingerprint density at radius 1 is 1.29 bits per heavy atom. The Hall–Kier alpha value is 0.430. The predicted octanol–water partition coefficient (Wildman–Crippen LogP) is 2.77. The molecule has 1 aliphatic rings. The standard InChI is InChI=1S/C10H19BrO2S/c1-2-14(12,13)8-7-10(9-11)5-3-4-6-10/h2-9H2,1H3. The van der Waals surface area contributed by atoms with E-state index in [2.05, 4.69) is 15.9 Å². The van der Waals surface area contributed by atoms with Crippen molar-refractivity contribution in [1.29, 1.82) is 0 Å². The highest BCUT2D eigenvalue weighted by molar-refractivity contribution is 9.09. The number of hydrogen-bond acceptors (Lipinski definition) is 2. The van der Waals surface area contributed by atoms with Crippen molar-refractivity contribution in [2.24, 2.45) is 5.41 Å². The van der Waals surface area contributed by atoms with E-state index < -0.39 is 9.84 Å². The zero-order chi connectivity index (χ0) is 10.7. The lowest BCUT2D eigenvalue weighted by Crippen LogP contribution is -2.23. The Bertz CT molecular complexity index is 266. The first-order valence-electron chi connectivity index (χ1n) is 5.30. The van der Waals surface area contributed by atoms with Crippen LogP contribution >= 0.6 is 15.9 Å². The quantitative estimate of drug-likeness (QED) is 0.727. The van der Waals surface area contributed by atoms with Gasteiger partial charge in [0.1, 0.15) is 9.84 Å². The van der Waals surface area contributed by atoms with Gasteiger partial charge in [-0.1, -0.05) is 35.7 Å². The summed E-state index contributed by atoms with van der Waals surface area (Å²) in [5.41, 5.74) is 0.280. The van der Waals surface area contributed by atoms with E-state index in [0.717, 1.165) is 11.8 Å². The average molecular weight is 283 g/mol. The van der Waals surface area contributed by atoms with E-state index in [1.807, 2.05) is 0 Å². The second-order valence-corrected chi connectivity index (χ2v) is 7.36. The number of rotatable bonds is 5. The van der Waals surface area contributed by atoms with Crippen molar-refractivity contribution in [3.63, 3.8) is 0 Å². The van der Waals surface area contributed by atoms with Crippen molar-refractivity contribution < 1.29 is 8.42 Å². The fraction of sp³-hybridized carbons (Fsp3) is 1.00. The van der Waals surface area contributed by atoms with Crippen molar-refractivity contribution in [2.75, 3.05) is 16.8 Å². The molecule has 0 saturated heterocycles. The molecule has 0 unspecified atom stereocenters. The second kappa shape index (κ2) is 4.97. The summed E-state index contributed by atoms with van der Waals surface area (Å²) in [4.78, 5) is 0. The van der Waals surface area contributed by atoms with Crippen LogP contribution in [0.4, 0.5) is 0 Å². The lowest BCUT2D eigenvalue weighted by atomic mass is 9.86. The van der Waals surface area contributed by atoms with Gasteiger partial charge < -0.3 is 0 Å². The largest absolute Gasteiger partial charge is 0.229 e. The molecule has 4 heteroatoms. The first kappa shape index (κ1) is 12.5. The van der Waals surface area contributed by atoms with Crippen LogP contribution in [0.2, 0.25) is 0 Å². The van der Waals surface area contributed by atoms with Gasteiger partial charge in [0, 0.05) is 11.1 Å². The topological polar surface area (TPSA) is 34.1 Å². The van der Waals surface area contributed by atoms with E-state index in [-0.39, 0.29) is 11.2 Å². The Morgan fingerprint density at radius 2 is 1.86 bits per heavy atom. The molecule has 0 amide bonds. The van der Waals surface area contributed by atoms with E-state index in [0.29, 0.717) is 5.75 Å². The molecular formula is C10H19BrO2S. The van der Waals surface area contributed by atoms with Gasteiger partial charge in [-0.3, -0.25) is 0 Å². The zero-order valence-electron chi connectivity index (χ0n) is 8.76. The van der Waals surface area contributed by atoms with Gasteiger partial charge in [0.05, 0.1) is 5.75 Å². The molecule has 0 radical (unpaired) electrons. The third-order valence-electron chi connectivity index (χ3n) is 3.33. The number of hydrogen-bond donors (Lipinski definition) is 0. The molecule has 14 heavy (non-hydrogen) atoms. The zero-order valence-corrected chi connectivity index (χ0v) is 11.2. The van der Waals surface area contributed by atoms with Gasteiger partial charge in [0.2, 0.25) is 0 Å². The van der Waals surface area contributed by atoms with Crippen LogP contribution in [0.15, 0.2) is 0 Å². The van der Waals surface area contributed by atoms with Crippen molar-refractivity contribution in [3.05, 3.63) is 0 Å². The van der Waals surface area contributed by atoms with Crippen molar-refractivity contribution in [3.8, 4) is 0 Å². The fourth-order valence-corrected chi connectivity index (χ4v) is 3.97. The number of sulfone groups is 1. The predicted molar refractivity (Wildman–Crippen MR) is 63.6 cm³/mol. The van der Waals surface area contributed by atoms with Crippen LogP contribution in [0.5, 0.6) is 0 Å². The molecule has 0 N–H and O–H groups in total. The molecule has 1 saturated carbocycles. The van der Waals surface area contributed by atoms with Gasteiger partial charge in [0.15, 0.2) is 0 Å². The van der Waals surface area contributed by atoms with Crippen LogP contribution < -0.4 is 0 Å². The van der Waals surface area contributed by atoms with Gasteiger partial charge in [-0.2, -0.15) is 0 Å². The summed E-state index contributed by atoms with van der Waals surface area (Å²) < 4.78 is 22.8. The summed E-state index contributed by atoms with van der Waals surface area (Å²) in [6.07, 6.45) is 5.75. The van der Waals surface area contributed by atoms with Crippen LogP contribution in [0.3, 0.4) is 0 Å². The molecule has 0 aliphatic heterocycles. The minimum Gasteiger partial charge on any atom is -0.229 e. The normalized spacial score (nSPS) is 21.3. The van der Waals surface area contributed by atoms with E-state index in [9.17, 15) is 8.42 Å². The molecule has 2 nitrogen and oxygen atoms in total. The highest BCUT2D eigenvalue weighted by Crippen LogP contribution is 2.42. The lowest BCUT2D eigenvalue weighted by molar-refractivity contribution is 0.336. The average Bonchev–Trinajstić information content (AvgIpc) is 2.65. The van der Waals surface area contributed by atoms with Crippen LogP contribution in [0.1, 0.15) is 39.0 Å².